The summed E-state index contributed by atoms with van der Waals surface area (Å²) in [6.45, 7) is 1.86. The van der Waals surface area contributed by atoms with Gasteiger partial charge in [-0.2, -0.15) is 0 Å². The lowest BCUT2D eigenvalue weighted by atomic mass is 10.1. The zero-order valence-electron chi connectivity index (χ0n) is 13.9. The largest absolute Gasteiger partial charge is 0.273 e. The second-order valence-corrected chi connectivity index (χ2v) is 7.75. The molecule has 132 valence electrons. The molecule has 0 saturated carbocycles. The van der Waals surface area contributed by atoms with Crippen molar-refractivity contribution in [2.75, 3.05) is 5.75 Å². The Morgan fingerprint density at radius 1 is 0.880 bits per heavy atom. The smallest absolute Gasteiger partial charge is 0.242 e. The molecule has 0 fully saturated rings. The lowest BCUT2D eigenvalue weighted by Crippen LogP contribution is -2.42. The molecule has 0 aromatic heterocycles. The first-order valence-electron chi connectivity index (χ1n) is 7.78. The summed E-state index contributed by atoms with van der Waals surface area (Å²) in [5, 5.41) is 0. The minimum Gasteiger partial charge on any atom is -0.273 e. The summed E-state index contributed by atoms with van der Waals surface area (Å²) in [5.41, 5.74) is 6.29. The zero-order chi connectivity index (χ0) is 18.3. The van der Waals surface area contributed by atoms with Crippen molar-refractivity contribution < 1.29 is 18.0 Å². The Balaban J connectivity index is 1.78. The first kappa shape index (κ1) is 18.7. The third-order valence-corrected chi connectivity index (χ3v) is 5.26. The van der Waals surface area contributed by atoms with Crippen LogP contribution in [0.2, 0.25) is 0 Å². The zero-order valence-corrected chi connectivity index (χ0v) is 14.7. The fourth-order valence-corrected chi connectivity index (χ4v) is 3.36. The van der Waals surface area contributed by atoms with Crippen molar-refractivity contribution in [2.24, 2.45) is 0 Å². The van der Waals surface area contributed by atoms with Gasteiger partial charge in [-0.25, -0.2) is 8.42 Å². The molecule has 2 aromatic carbocycles. The number of amides is 2. The summed E-state index contributed by atoms with van der Waals surface area (Å²) in [6, 6.07) is 15.5. The molecular formula is C18H20N2O4S. The lowest BCUT2D eigenvalue weighted by molar-refractivity contribution is -0.128. The summed E-state index contributed by atoms with van der Waals surface area (Å²) in [4.78, 5) is 23.6. The van der Waals surface area contributed by atoms with E-state index in [1.165, 1.54) is 12.1 Å². The van der Waals surface area contributed by atoms with E-state index in [0.717, 1.165) is 11.1 Å². The summed E-state index contributed by atoms with van der Waals surface area (Å²) in [5.74, 6) is -1.26. The van der Waals surface area contributed by atoms with E-state index in [4.69, 9.17) is 0 Å². The Hall–Kier alpha value is -2.67. The van der Waals surface area contributed by atoms with Gasteiger partial charge in [-0.05, 0) is 24.6 Å². The Morgan fingerprint density at radius 2 is 1.48 bits per heavy atom. The highest BCUT2D eigenvalue weighted by molar-refractivity contribution is 7.91. The van der Waals surface area contributed by atoms with Gasteiger partial charge in [-0.15, -0.1) is 0 Å². The van der Waals surface area contributed by atoms with Crippen LogP contribution in [0.25, 0.3) is 0 Å². The average Bonchev–Trinajstić information content (AvgIpc) is 2.59. The van der Waals surface area contributed by atoms with Gasteiger partial charge < -0.3 is 0 Å². The van der Waals surface area contributed by atoms with Crippen LogP contribution in [0.4, 0.5) is 0 Å². The van der Waals surface area contributed by atoms with Crippen molar-refractivity contribution in [3.8, 4) is 0 Å². The number of sulfone groups is 1. The summed E-state index contributed by atoms with van der Waals surface area (Å²) >= 11 is 0. The van der Waals surface area contributed by atoms with Crippen LogP contribution in [0, 0.1) is 6.92 Å². The van der Waals surface area contributed by atoms with Crippen molar-refractivity contribution in [1.82, 2.24) is 10.9 Å². The molecule has 2 amide bonds. The number of benzene rings is 2. The van der Waals surface area contributed by atoms with E-state index in [1.807, 2.05) is 25.1 Å². The summed E-state index contributed by atoms with van der Waals surface area (Å²) in [6.07, 6.45) is -0.107. The van der Waals surface area contributed by atoms with Gasteiger partial charge in [0.05, 0.1) is 17.1 Å². The third kappa shape index (κ3) is 6.04. The van der Waals surface area contributed by atoms with Crippen molar-refractivity contribution in [3.05, 3.63) is 65.7 Å². The molecule has 6 nitrogen and oxygen atoms in total. The van der Waals surface area contributed by atoms with E-state index < -0.39 is 15.7 Å². The standard InChI is InChI=1S/C18H20N2O4S/c1-14-7-9-16(10-8-14)25(23,24)12-11-17(21)19-20-18(22)13-15-5-3-2-4-6-15/h2-10H,11-13H2,1H3,(H,19,21)(H,20,22). The molecule has 7 heteroatoms. The number of aryl methyl sites for hydroxylation is 1. The maximum absolute atomic E-state index is 12.2. The molecule has 0 spiro atoms. The first-order valence-corrected chi connectivity index (χ1v) is 9.43. The van der Waals surface area contributed by atoms with Gasteiger partial charge in [0.25, 0.3) is 0 Å². The topological polar surface area (TPSA) is 92.3 Å². The van der Waals surface area contributed by atoms with Crippen molar-refractivity contribution in [2.45, 2.75) is 24.7 Å². The normalized spacial score (nSPS) is 10.9. The Morgan fingerprint density at radius 3 is 2.12 bits per heavy atom. The van der Waals surface area contributed by atoms with Gasteiger partial charge in [0.2, 0.25) is 11.8 Å². The third-order valence-electron chi connectivity index (χ3n) is 3.53. The monoisotopic (exact) mass is 360 g/mol. The van der Waals surface area contributed by atoms with Crippen LogP contribution >= 0.6 is 0 Å². The Labute approximate surface area is 147 Å². The van der Waals surface area contributed by atoms with Crippen molar-refractivity contribution in [3.63, 3.8) is 0 Å². The highest BCUT2D eigenvalue weighted by Crippen LogP contribution is 2.12. The molecular weight excluding hydrogens is 340 g/mol. The number of carbonyl (C=O) groups is 2. The van der Waals surface area contributed by atoms with Crippen LogP contribution in [0.1, 0.15) is 17.5 Å². The van der Waals surface area contributed by atoms with E-state index in [0.29, 0.717) is 0 Å². The van der Waals surface area contributed by atoms with Crippen LogP contribution in [0.15, 0.2) is 59.5 Å². The average molecular weight is 360 g/mol. The summed E-state index contributed by atoms with van der Waals surface area (Å²) < 4.78 is 24.3. The van der Waals surface area contributed by atoms with Crippen LogP contribution in [-0.4, -0.2) is 26.0 Å². The maximum atomic E-state index is 12.2. The predicted octanol–water partition coefficient (Wildman–Crippen LogP) is 1.55. The molecule has 0 unspecified atom stereocenters. The first-order chi connectivity index (χ1) is 11.9. The second-order valence-electron chi connectivity index (χ2n) is 5.64. The number of hydrogen-bond donors (Lipinski definition) is 2. The van der Waals surface area contributed by atoms with E-state index in [-0.39, 0.29) is 29.4 Å². The lowest BCUT2D eigenvalue weighted by Gasteiger charge is -2.08. The van der Waals surface area contributed by atoms with E-state index in [9.17, 15) is 18.0 Å². The molecule has 0 aliphatic rings. The van der Waals surface area contributed by atoms with E-state index in [2.05, 4.69) is 10.9 Å². The van der Waals surface area contributed by atoms with Gasteiger partial charge >= 0.3 is 0 Å². The van der Waals surface area contributed by atoms with Gasteiger partial charge in [-0.1, -0.05) is 48.0 Å². The van der Waals surface area contributed by atoms with Crippen LogP contribution < -0.4 is 10.9 Å². The number of nitrogens with one attached hydrogen (secondary N) is 2. The second kappa shape index (κ2) is 8.43. The molecule has 25 heavy (non-hydrogen) atoms. The molecule has 2 aromatic rings. The molecule has 0 bridgehead atoms. The predicted molar refractivity (Wildman–Crippen MR) is 94.3 cm³/mol. The number of rotatable bonds is 6. The highest BCUT2D eigenvalue weighted by atomic mass is 32.2. The van der Waals surface area contributed by atoms with Gasteiger partial charge in [-0.3, -0.25) is 20.4 Å². The minimum absolute atomic E-state index is 0.128. The molecule has 0 heterocycles. The highest BCUT2D eigenvalue weighted by Gasteiger charge is 2.16. The Bertz CT molecular complexity index is 831. The van der Waals surface area contributed by atoms with Crippen molar-refractivity contribution in [1.29, 1.82) is 0 Å². The van der Waals surface area contributed by atoms with Crippen molar-refractivity contribution >= 4 is 21.7 Å². The molecule has 0 saturated heterocycles. The summed E-state index contributed by atoms with van der Waals surface area (Å²) in [7, 11) is -3.53. The molecule has 0 atom stereocenters. The molecule has 2 N–H and O–H groups in total. The van der Waals surface area contributed by atoms with Gasteiger partial charge in [0.15, 0.2) is 9.84 Å². The molecule has 2 rings (SSSR count). The van der Waals surface area contributed by atoms with Gasteiger partial charge in [0, 0.05) is 6.42 Å². The van der Waals surface area contributed by atoms with E-state index >= 15 is 0 Å². The fourth-order valence-electron chi connectivity index (χ4n) is 2.12. The Kier molecular flexibility index (Phi) is 6.30. The number of hydrazine groups is 1. The van der Waals surface area contributed by atoms with Crippen LogP contribution in [0.3, 0.4) is 0 Å². The molecule has 0 aliphatic carbocycles. The van der Waals surface area contributed by atoms with Crippen LogP contribution in [0.5, 0.6) is 0 Å². The van der Waals surface area contributed by atoms with Crippen LogP contribution in [-0.2, 0) is 25.8 Å². The number of hydrogen-bond acceptors (Lipinski definition) is 4. The molecule has 0 radical (unpaired) electrons. The quantitative estimate of drug-likeness (QED) is 0.765. The SMILES string of the molecule is Cc1ccc(S(=O)(=O)CCC(=O)NNC(=O)Cc2ccccc2)cc1. The molecule has 0 aliphatic heterocycles. The minimum atomic E-state index is -3.53. The maximum Gasteiger partial charge on any atom is 0.242 e. The number of carbonyl (C=O) groups excluding carboxylic acids is 2. The van der Waals surface area contributed by atoms with Gasteiger partial charge in [0.1, 0.15) is 0 Å². The fraction of sp³-hybridized carbons (Fsp3) is 0.222. The van der Waals surface area contributed by atoms with E-state index in [1.54, 1.807) is 24.3 Å².